The van der Waals surface area contributed by atoms with Gasteiger partial charge in [-0.05, 0) is 17.7 Å². The quantitative estimate of drug-likeness (QED) is 0.583. The molecule has 2 nitrogen and oxygen atoms in total. The molecule has 0 heterocycles. The topological polar surface area (TPSA) is 26.3 Å². The fraction of sp³-hybridized carbons (Fsp3) is 0.0714. The lowest BCUT2D eigenvalue weighted by Gasteiger charge is -2.06. The van der Waals surface area contributed by atoms with Gasteiger partial charge in [-0.25, -0.2) is 4.39 Å². The normalized spacial score (nSPS) is 10.0. The van der Waals surface area contributed by atoms with Gasteiger partial charge in [-0.3, -0.25) is 4.79 Å². The second-order valence-electron chi connectivity index (χ2n) is 3.60. The molecule has 17 heavy (non-hydrogen) atoms. The predicted molar refractivity (Wildman–Crippen MR) is 63.1 cm³/mol. The van der Waals surface area contributed by atoms with Crippen LogP contribution in [-0.4, -0.2) is 5.97 Å². The summed E-state index contributed by atoms with van der Waals surface area (Å²) in [5.74, 6) is -0.651. The van der Waals surface area contributed by atoms with Crippen molar-refractivity contribution in [3.05, 3.63) is 54.3 Å². The van der Waals surface area contributed by atoms with Crippen LogP contribution in [0.5, 0.6) is 5.75 Å². The minimum atomic E-state index is -0.461. The molecule has 0 atom stereocenters. The first-order chi connectivity index (χ1) is 8.16. The molecule has 86 valence electrons. The van der Waals surface area contributed by atoms with E-state index in [9.17, 15) is 9.18 Å². The van der Waals surface area contributed by atoms with Crippen molar-refractivity contribution in [3.63, 3.8) is 0 Å². The smallest absolute Gasteiger partial charge is 0.308 e. The third kappa shape index (κ3) is 2.69. The molecule has 2 rings (SSSR count). The van der Waals surface area contributed by atoms with Gasteiger partial charge in [0.05, 0.1) is 0 Å². The monoisotopic (exact) mass is 230 g/mol. The van der Waals surface area contributed by atoms with Crippen molar-refractivity contribution in [3.8, 4) is 16.9 Å². The molecule has 0 saturated heterocycles. The van der Waals surface area contributed by atoms with E-state index < -0.39 is 11.8 Å². The average molecular weight is 230 g/mol. The third-order valence-corrected chi connectivity index (χ3v) is 2.29. The number of carbonyl (C=O) groups excluding carboxylic acids is 1. The molecule has 0 aliphatic carbocycles. The number of benzene rings is 2. The molecule has 0 radical (unpaired) electrons. The van der Waals surface area contributed by atoms with E-state index in [2.05, 4.69) is 0 Å². The molecule has 0 saturated carbocycles. The van der Waals surface area contributed by atoms with Crippen LogP contribution in [0.4, 0.5) is 4.39 Å². The van der Waals surface area contributed by atoms with Gasteiger partial charge < -0.3 is 4.74 Å². The Labute approximate surface area is 98.7 Å². The van der Waals surface area contributed by atoms with Crippen molar-refractivity contribution in [2.45, 2.75) is 6.92 Å². The van der Waals surface area contributed by atoms with Crippen LogP contribution >= 0.6 is 0 Å². The number of esters is 1. The van der Waals surface area contributed by atoms with Gasteiger partial charge in [0.1, 0.15) is 11.6 Å². The molecule has 0 amide bonds. The predicted octanol–water partition coefficient (Wildman–Crippen LogP) is 3.42. The molecule has 0 aliphatic rings. The van der Waals surface area contributed by atoms with Gasteiger partial charge in [0.2, 0.25) is 0 Å². The maximum atomic E-state index is 13.8. The minimum absolute atomic E-state index is 0.217. The number of hydrogen-bond donors (Lipinski definition) is 0. The highest BCUT2D eigenvalue weighted by Gasteiger charge is 2.07. The first kappa shape index (κ1) is 11.3. The molecule has 0 fully saturated rings. The Morgan fingerprint density at radius 1 is 1.12 bits per heavy atom. The van der Waals surface area contributed by atoms with Crippen LogP contribution in [0.25, 0.3) is 11.1 Å². The van der Waals surface area contributed by atoms with E-state index in [1.54, 1.807) is 12.1 Å². The molecule has 2 aromatic rings. The summed E-state index contributed by atoms with van der Waals surface area (Å²) in [6, 6.07) is 13.6. The Bertz CT molecular complexity index is 535. The summed E-state index contributed by atoms with van der Waals surface area (Å²) < 4.78 is 18.6. The van der Waals surface area contributed by atoms with E-state index >= 15 is 0 Å². The Kier molecular flexibility index (Phi) is 3.19. The van der Waals surface area contributed by atoms with Gasteiger partial charge >= 0.3 is 5.97 Å². The van der Waals surface area contributed by atoms with Crippen molar-refractivity contribution in [2.75, 3.05) is 0 Å². The molecule has 0 spiro atoms. The number of rotatable bonds is 2. The van der Waals surface area contributed by atoms with Gasteiger partial charge in [-0.2, -0.15) is 0 Å². The summed E-state index contributed by atoms with van der Waals surface area (Å²) in [7, 11) is 0. The summed E-state index contributed by atoms with van der Waals surface area (Å²) in [5, 5.41) is 0. The second-order valence-corrected chi connectivity index (χ2v) is 3.60. The van der Waals surface area contributed by atoms with Gasteiger partial charge in [0.25, 0.3) is 0 Å². The van der Waals surface area contributed by atoms with E-state index in [1.807, 2.05) is 30.3 Å². The lowest BCUT2D eigenvalue weighted by atomic mass is 10.1. The van der Waals surface area contributed by atoms with Crippen molar-refractivity contribution in [1.29, 1.82) is 0 Å². The fourth-order valence-corrected chi connectivity index (χ4v) is 1.58. The number of ether oxygens (including phenoxy) is 1. The highest BCUT2D eigenvalue weighted by atomic mass is 19.1. The van der Waals surface area contributed by atoms with Gasteiger partial charge in [0.15, 0.2) is 0 Å². The Morgan fingerprint density at radius 3 is 2.41 bits per heavy atom. The molecule has 2 aromatic carbocycles. The number of carbonyl (C=O) groups is 1. The van der Waals surface area contributed by atoms with Gasteiger partial charge in [0, 0.05) is 18.6 Å². The highest BCUT2D eigenvalue weighted by molar-refractivity contribution is 5.70. The summed E-state index contributed by atoms with van der Waals surface area (Å²) in [5.41, 5.74) is 1.28. The van der Waals surface area contributed by atoms with Crippen molar-refractivity contribution >= 4 is 5.97 Å². The maximum absolute atomic E-state index is 13.8. The van der Waals surface area contributed by atoms with Crippen LogP contribution in [-0.2, 0) is 4.79 Å². The third-order valence-electron chi connectivity index (χ3n) is 2.29. The summed E-state index contributed by atoms with van der Waals surface area (Å²) >= 11 is 0. The fourth-order valence-electron chi connectivity index (χ4n) is 1.58. The van der Waals surface area contributed by atoms with Crippen LogP contribution < -0.4 is 4.74 Å². The molecule has 0 aliphatic heterocycles. The van der Waals surface area contributed by atoms with Crippen LogP contribution in [0.15, 0.2) is 48.5 Å². The summed E-state index contributed by atoms with van der Waals surface area (Å²) in [6.07, 6.45) is 0. The molecule has 0 bridgehead atoms. The average Bonchev–Trinajstić information content (AvgIpc) is 2.29. The van der Waals surface area contributed by atoms with Crippen LogP contribution in [0.2, 0.25) is 0 Å². The number of halogens is 1. The molecule has 3 heteroatoms. The van der Waals surface area contributed by atoms with Crippen LogP contribution in [0, 0.1) is 5.82 Å². The molecule has 0 N–H and O–H groups in total. The largest absolute Gasteiger partial charge is 0.427 e. The maximum Gasteiger partial charge on any atom is 0.308 e. The van der Waals surface area contributed by atoms with Crippen LogP contribution in [0.3, 0.4) is 0 Å². The van der Waals surface area contributed by atoms with Crippen LogP contribution in [0.1, 0.15) is 6.92 Å². The molecular formula is C14H11FO2. The lowest BCUT2D eigenvalue weighted by Crippen LogP contribution is -2.01. The van der Waals surface area contributed by atoms with Gasteiger partial charge in [-0.1, -0.05) is 30.3 Å². The molecule has 0 unspecified atom stereocenters. The zero-order valence-corrected chi connectivity index (χ0v) is 9.31. The van der Waals surface area contributed by atoms with E-state index in [4.69, 9.17) is 4.74 Å². The zero-order chi connectivity index (χ0) is 12.3. The SMILES string of the molecule is CC(=O)Oc1ccc(-c2ccccc2)c(F)c1. The lowest BCUT2D eigenvalue weighted by molar-refractivity contribution is -0.131. The van der Waals surface area contributed by atoms with Crippen molar-refractivity contribution in [1.82, 2.24) is 0 Å². The Morgan fingerprint density at radius 2 is 1.82 bits per heavy atom. The molecule has 0 aromatic heterocycles. The first-order valence-electron chi connectivity index (χ1n) is 5.20. The van der Waals surface area contributed by atoms with E-state index in [-0.39, 0.29) is 5.75 Å². The highest BCUT2D eigenvalue weighted by Crippen LogP contribution is 2.25. The number of hydrogen-bond acceptors (Lipinski definition) is 2. The van der Waals surface area contributed by atoms with E-state index in [1.165, 1.54) is 13.0 Å². The standard InChI is InChI=1S/C14H11FO2/c1-10(16)17-12-7-8-13(14(15)9-12)11-5-3-2-4-6-11/h2-9H,1H3. The molecular weight excluding hydrogens is 219 g/mol. The minimum Gasteiger partial charge on any atom is -0.427 e. The van der Waals surface area contributed by atoms with E-state index in [0.29, 0.717) is 5.56 Å². The second kappa shape index (κ2) is 4.78. The Hall–Kier alpha value is -2.16. The first-order valence-corrected chi connectivity index (χ1v) is 5.20. The van der Waals surface area contributed by atoms with Crippen molar-refractivity contribution in [2.24, 2.45) is 0 Å². The van der Waals surface area contributed by atoms with E-state index in [0.717, 1.165) is 5.56 Å². The summed E-state index contributed by atoms with van der Waals surface area (Å²) in [6.45, 7) is 1.28. The van der Waals surface area contributed by atoms with Gasteiger partial charge in [-0.15, -0.1) is 0 Å². The summed E-state index contributed by atoms with van der Waals surface area (Å²) in [4.78, 5) is 10.7. The Balaban J connectivity index is 2.35. The zero-order valence-electron chi connectivity index (χ0n) is 9.31. The van der Waals surface area contributed by atoms with Crippen molar-refractivity contribution < 1.29 is 13.9 Å².